The Bertz CT molecular complexity index is 1680. The van der Waals surface area contributed by atoms with E-state index in [0.717, 1.165) is 61.1 Å². The van der Waals surface area contributed by atoms with E-state index in [0.29, 0.717) is 5.56 Å². The van der Waals surface area contributed by atoms with E-state index in [1.807, 2.05) is 12.1 Å². The zero-order valence-electron chi connectivity index (χ0n) is 23.0. The summed E-state index contributed by atoms with van der Waals surface area (Å²) in [6.45, 7) is -0.0812. The number of Topliss-reactive ketones (excluding diaryl/α,β-unsaturated/α-hetero) is 1. The summed E-state index contributed by atoms with van der Waals surface area (Å²) in [7, 11) is 0. The van der Waals surface area contributed by atoms with E-state index < -0.39 is 47.2 Å². The molecular formula is C32H25F4NO7. The third-order valence-corrected chi connectivity index (χ3v) is 7.26. The number of ether oxygens (including phenoxy) is 2. The van der Waals surface area contributed by atoms with E-state index in [2.05, 4.69) is 14.8 Å². The fraction of sp³-hybridized carbons (Fsp3) is 0.250. The number of hydrogen-bond donors (Lipinski definition) is 2. The number of hydrogen-bond acceptors (Lipinski definition) is 6. The van der Waals surface area contributed by atoms with Gasteiger partial charge in [0.05, 0.1) is 6.42 Å². The van der Waals surface area contributed by atoms with Gasteiger partial charge >= 0.3 is 18.2 Å². The van der Waals surface area contributed by atoms with Gasteiger partial charge in [0, 0.05) is 28.8 Å². The first-order valence-corrected chi connectivity index (χ1v) is 13.7. The first-order chi connectivity index (χ1) is 20.8. The molecule has 8 nitrogen and oxygen atoms in total. The number of halogens is 4. The summed E-state index contributed by atoms with van der Waals surface area (Å²) in [4.78, 5) is 50.2. The average molecular weight is 612 g/mol. The molecule has 2 N–H and O–H groups in total. The molecule has 1 aliphatic heterocycles. The Labute approximate surface area is 248 Å². The molecule has 2 aliphatic rings. The van der Waals surface area contributed by atoms with Crippen molar-refractivity contribution in [1.82, 2.24) is 5.32 Å². The zero-order valence-corrected chi connectivity index (χ0v) is 23.0. The van der Waals surface area contributed by atoms with Gasteiger partial charge in [0.2, 0.25) is 0 Å². The highest BCUT2D eigenvalue weighted by atomic mass is 19.3. The van der Waals surface area contributed by atoms with Crippen LogP contribution in [0.3, 0.4) is 0 Å². The molecule has 0 saturated carbocycles. The topological polar surface area (TPSA) is 119 Å². The highest BCUT2D eigenvalue weighted by Crippen LogP contribution is 2.47. The maximum Gasteiger partial charge on any atom is 0.507 e. The van der Waals surface area contributed by atoms with Crippen LogP contribution >= 0.6 is 0 Å². The minimum atomic E-state index is -4.97. The predicted octanol–water partition coefficient (Wildman–Crippen LogP) is 5.88. The Morgan fingerprint density at radius 1 is 0.750 bits per heavy atom. The van der Waals surface area contributed by atoms with Crippen LogP contribution in [0, 0.1) is 0 Å². The summed E-state index contributed by atoms with van der Waals surface area (Å²) in [5.41, 5.74) is 2.66. The van der Waals surface area contributed by atoms with Crippen molar-refractivity contribution >= 4 is 29.0 Å². The lowest BCUT2D eigenvalue weighted by atomic mass is 9.87. The average Bonchev–Trinajstić information content (AvgIpc) is 2.99. The van der Waals surface area contributed by atoms with Gasteiger partial charge in [-0.3, -0.25) is 19.2 Å². The molecule has 0 spiro atoms. The maximum absolute atomic E-state index is 13.8. The molecule has 3 aromatic rings. The summed E-state index contributed by atoms with van der Waals surface area (Å²) in [6, 6.07) is 13.8. The lowest BCUT2D eigenvalue weighted by Crippen LogP contribution is -2.52. The van der Waals surface area contributed by atoms with Crippen LogP contribution in [-0.2, 0) is 17.6 Å². The summed E-state index contributed by atoms with van der Waals surface area (Å²) in [5.74, 6) is -4.41. The van der Waals surface area contributed by atoms with Crippen molar-refractivity contribution in [1.29, 1.82) is 0 Å². The fourth-order valence-electron chi connectivity index (χ4n) is 4.93. The Kier molecular flexibility index (Phi) is 8.27. The molecule has 1 heterocycles. The van der Waals surface area contributed by atoms with Crippen molar-refractivity contribution in [2.75, 3.05) is 6.54 Å². The quantitative estimate of drug-likeness (QED) is 0.176. The van der Waals surface area contributed by atoms with Gasteiger partial charge in [-0.25, -0.2) is 0 Å². The van der Waals surface area contributed by atoms with Gasteiger partial charge in [0.1, 0.15) is 0 Å². The van der Waals surface area contributed by atoms with Crippen molar-refractivity contribution in [2.45, 2.75) is 44.3 Å². The molecule has 1 amide bonds. The number of carbonyl (C=O) groups excluding carboxylic acids is 3. The van der Waals surface area contributed by atoms with E-state index in [-0.39, 0.29) is 35.2 Å². The molecule has 1 aliphatic carbocycles. The van der Waals surface area contributed by atoms with Crippen molar-refractivity contribution in [3.05, 3.63) is 100 Å². The largest absolute Gasteiger partial charge is 0.507 e. The van der Waals surface area contributed by atoms with Crippen LogP contribution in [0.2, 0.25) is 0 Å². The second-order valence-electron chi connectivity index (χ2n) is 10.3. The second kappa shape index (κ2) is 11.9. The molecule has 0 unspecified atom stereocenters. The Morgan fingerprint density at radius 2 is 1.34 bits per heavy atom. The number of amides is 1. The molecule has 228 valence electrons. The summed E-state index contributed by atoms with van der Waals surface area (Å²) in [6.07, 6.45) is -5.46. The van der Waals surface area contributed by atoms with E-state index >= 15 is 0 Å². The summed E-state index contributed by atoms with van der Waals surface area (Å²) >= 11 is 0. The Balaban J connectivity index is 1.47. The van der Waals surface area contributed by atoms with Crippen LogP contribution in [0.25, 0.3) is 5.57 Å². The molecule has 44 heavy (non-hydrogen) atoms. The third-order valence-electron chi connectivity index (χ3n) is 7.26. The lowest BCUT2D eigenvalue weighted by Gasteiger charge is -2.31. The number of benzene rings is 3. The monoisotopic (exact) mass is 611 g/mol. The van der Waals surface area contributed by atoms with Gasteiger partial charge in [-0.2, -0.15) is 17.6 Å². The predicted molar refractivity (Wildman–Crippen MR) is 148 cm³/mol. The molecule has 12 heteroatoms. The van der Waals surface area contributed by atoms with Gasteiger partial charge in [-0.1, -0.05) is 30.3 Å². The van der Waals surface area contributed by atoms with E-state index in [1.165, 1.54) is 24.3 Å². The number of carboxylic acids is 1. The fourth-order valence-corrected chi connectivity index (χ4v) is 4.93. The molecule has 5 rings (SSSR count). The minimum absolute atomic E-state index is 0.0196. The number of alkyl halides is 4. The highest BCUT2D eigenvalue weighted by Gasteiger charge is 2.66. The minimum Gasteiger partial charge on any atom is -0.481 e. The number of allylic oxidation sites excluding steroid dienone is 2. The van der Waals surface area contributed by atoms with Crippen molar-refractivity contribution in [3.63, 3.8) is 0 Å². The SMILES string of the molecule is O=C(O)CCNC(=O)c1ccc(C(=O)/C(=C\C(=O)c2ccc3c(c2)OC(F)(F)C(F)(F)O3)c2ccc3c(c2)CCCC3)cc1. The van der Waals surface area contributed by atoms with E-state index in [9.17, 15) is 36.7 Å². The van der Waals surface area contributed by atoms with Gasteiger partial charge in [-0.05, 0) is 78.8 Å². The zero-order chi connectivity index (χ0) is 31.6. The number of rotatable bonds is 9. The smallest absolute Gasteiger partial charge is 0.481 e. The van der Waals surface area contributed by atoms with Crippen molar-refractivity contribution in [3.8, 4) is 11.5 Å². The van der Waals surface area contributed by atoms with Gasteiger partial charge in [0.15, 0.2) is 23.1 Å². The summed E-state index contributed by atoms with van der Waals surface area (Å²) in [5, 5.41) is 11.2. The number of fused-ring (bicyclic) bond motifs is 2. The van der Waals surface area contributed by atoms with E-state index in [4.69, 9.17) is 5.11 Å². The number of ketones is 2. The van der Waals surface area contributed by atoms with Crippen LogP contribution in [0.4, 0.5) is 17.6 Å². The molecule has 0 radical (unpaired) electrons. The molecule has 0 aromatic heterocycles. The van der Waals surface area contributed by atoms with E-state index in [1.54, 1.807) is 6.07 Å². The van der Waals surface area contributed by atoms with Crippen LogP contribution in [0.5, 0.6) is 11.5 Å². The number of aliphatic carboxylic acids is 1. The number of carboxylic acid groups (broad SMARTS) is 1. The first kappa shape index (κ1) is 30.5. The van der Waals surface area contributed by atoms with Crippen LogP contribution in [0.15, 0.2) is 66.7 Å². The van der Waals surface area contributed by atoms with Crippen LogP contribution < -0.4 is 14.8 Å². The van der Waals surface area contributed by atoms with Crippen LogP contribution in [-0.4, -0.2) is 47.3 Å². The van der Waals surface area contributed by atoms with Gasteiger partial charge in [0.25, 0.3) is 5.91 Å². The number of carbonyl (C=O) groups is 4. The second-order valence-corrected chi connectivity index (χ2v) is 10.3. The number of nitrogens with one attached hydrogen (secondary N) is 1. The van der Waals surface area contributed by atoms with Crippen molar-refractivity contribution < 1.29 is 51.3 Å². The Hall–Kier alpha value is -5.00. The van der Waals surface area contributed by atoms with Crippen LogP contribution in [0.1, 0.15) is 67.0 Å². The van der Waals surface area contributed by atoms with Crippen molar-refractivity contribution in [2.24, 2.45) is 0 Å². The maximum atomic E-state index is 13.8. The molecular weight excluding hydrogens is 586 g/mol. The highest BCUT2D eigenvalue weighted by molar-refractivity contribution is 6.32. The summed E-state index contributed by atoms with van der Waals surface area (Å²) < 4.78 is 62.8. The lowest BCUT2D eigenvalue weighted by molar-refractivity contribution is -0.391. The van der Waals surface area contributed by atoms with Gasteiger partial charge < -0.3 is 19.9 Å². The number of aryl methyl sites for hydroxylation is 2. The first-order valence-electron chi connectivity index (χ1n) is 13.7. The molecule has 0 atom stereocenters. The standard InChI is InChI=1S/C32H25F4NO7/c33-31(34)32(35,36)44-27-16-23(11-12-26(27)43-31)25(38)17-24(22-10-5-18-3-1-2-4-21(18)15-22)29(41)19-6-8-20(9-7-19)30(42)37-14-13-28(39)40/h5-12,15-17H,1-4,13-14H2,(H,37,42)(H,39,40)/b24-17-. The molecule has 3 aromatic carbocycles. The molecule has 0 fully saturated rings. The third kappa shape index (κ3) is 6.34. The molecule has 0 bridgehead atoms. The normalized spacial score (nSPS) is 16.4. The van der Waals surface area contributed by atoms with Gasteiger partial charge in [-0.15, -0.1) is 0 Å². The Morgan fingerprint density at radius 3 is 2.02 bits per heavy atom. The molecule has 0 saturated heterocycles.